The topological polar surface area (TPSA) is 49.4 Å². The predicted molar refractivity (Wildman–Crippen MR) is 79.1 cm³/mol. The maximum absolute atomic E-state index is 12.9. The van der Waals surface area contributed by atoms with Gasteiger partial charge in [-0.2, -0.15) is 0 Å². The average molecular weight is 280 g/mol. The molecule has 1 heterocycles. The van der Waals surface area contributed by atoms with Crippen molar-refractivity contribution in [2.75, 3.05) is 0 Å². The molecule has 4 heteroatoms. The van der Waals surface area contributed by atoms with Gasteiger partial charge in [-0.25, -0.2) is 0 Å². The second-order valence-electron chi connectivity index (χ2n) is 6.80. The molecule has 2 aliphatic rings. The van der Waals surface area contributed by atoms with Crippen molar-refractivity contribution < 1.29 is 9.59 Å². The summed E-state index contributed by atoms with van der Waals surface area (Å²) in [6, 6.07) is -0.199. The summed E-state index contributed by atoms with van der Waals surface area (Å²) in [5.74, 6) is 0.625. The van der Waals surface area contributed by atoms with Gasteiger partial charge in [0.1, 0.15) is 11.6 Å². The van der Waals surface area contributed by atoms with Gasteiger partial charge in [0.25, 0.3) is 0 Å². The molecule has 2 fully saturated rings. The minimum atomic E-state index is -0.640. The summed E-state index contributed by atoms with van der Waals surface area (Å²) in [6.07, 6.45) is 3.92. The molecule has 1 N–H and O–H groups in total. The number of carbonyl (C=O) groups excluding carboxylic acids is 2. The van der Waals surface area contributed by atoms with Crippen molar-refractivity contribution in [1.82, 2.24) is 10.2 Å². The first-order chi connectivity index (χ1) is 9.37. The van der Waals surface area contributed by atoms with Crippen LogP contribution in [0, 0.1) is 11.8 Å². The summed E-state index contributed by atoms with van der Waals surface area (Å²) in [6.45, 7) is 10.2. The van der Waals surface area contributed by atoms with E-state index in [1.165, 1.54) is 0 Å². The van der Waals surface area contributed by atoms with Crippen molar-refractivity contribution in [2.24, 2.45) is 11.8 Å². The first kappa shape index (κ1) is 15.3. The van der Waals surface area contributed by atoms with Gasteiger partial charge < -0.3 is 10.2 Å². The first-order valence-electron chi connectivity index (χ1n) is 8.01. The minimum Gasteiger partial charge on any atom is -0.342 e. The lowest BCUT2D eigenvalue weighted by atomic mass is 9.83. The fourth-order valence-corrected chi connectivity index (χ4v) is 3.53. The highest BCUT2D eigenvalue weighted by Gasteiger charge is 2.58. The molecule has 0 aromatic rings. The van der Waals surface area contributed by atoms with Gasteiger partial charge in [0.05, 0.1) is 0 Å². The number of carbonyl (C=O) groups is 2. The van der Waals surface area contributed by atoms with Crippen LogP contribution in [0.4, 0.5) is 0 Å². The Balaban J connectivity index is 2.40. The Morgan fingerprint density at radius 1 is 1.25 bits per heavy atom. The van der Waals surface area contributed by atoms with Gasteiger partial charge in [-0.1, -0.05) is 27.7 Å². The summed E-state index contributed by atoms with van der Waals surface area (Å²) in [4.78, 5) is 27.6. The molecular formula is C16H28N2O2. The maximum Gasteiger partial charge on any atom is 0.246 e. The number of amides is 2. The van der Waals surface area contributed by atoms with Crippen molar-refractivity contribution >= 4 is 11.8 Å². The van der Waals surface area contributed by atoms with E-state index in [2.05, 4.69) is 19.2 Å². The average Bonchev–Trinajstić information content (AvgIpc) is 3.23. The van der Waals surface area contributed by atoms with Crippen molar-refractivity contribution in [3.8, 4) is 0 Å². The highest BCUT2D eigenvalue weighted by molar-refractivity contribution is 6.00. The van der Waals surface area contributed by atoms with Crippen LogP contribution in [0.5, 0.6) is 0 Å². The minimum absolute atomic E-state index is 0.0465. The molecule has 2 unspecified atom stereocenters. The van der Waals surface area contributed by atoms with Crippen LogP contribution in [-0.4, -0.2) is 34.3 Å². The zero-order valence-corrected chi connectivity index (χ0v) is 13.4. The van der Waals surface area contributed by atoms with Crippen molar-refractivity contribution in [1.29, 1.82) is 0 Å². The van der Waals surface area contributed by atoms with Crippen LogP contribution in [0.2, 0.25) is 0 Å². The third-order valence-corrected chi connectivity index (χ3v) is 5.10. The lowest BCUT2D eigenvalue weighted by Gasteiger charge is -2.50. The Kier molecular flexibility index (Phi) is 4.12. The van der Waals surface area contributed by atoms with E-state index in [9.17, 15) is 9.59 Å². The maximum atomic E-state index is 12.9. The Labute approximate surface area is 122 Å². The largest absolute Gasteiger partial charge is 0.342 e. The van der Waals surface area contributed by atoms with Gasteiger partial charge >= 0.3 is 0 Å². The molecule has 0 spiro atoms. The van der Waals surface area contributed by atoms with Crippen molar-refractivity contribution in [2.45, 2.75) is 77.9 Å². The Morgan fingerprint density at radius 3 is 2.20 bits per heavy atom. The molecule has 0 aromatic carbocycles. The smallest absolute Gasteiger partial charge is 0.246 e. The Morgan fingerprint density at radius 2 is 1.80 bits per heavy atom. The van der Waals surface area contributed by atoms with E-state index in [4.69, 9.17) is 0 Å². The molecule has 2 rings (SSSR count). The normalized spacial score (nSPS) is 31.1. The van der Waals surface area contributed by atoms with E-state index in [1.807, 2.05) is 25.7 Å². The van der Waals surface area contributed by atoms with Crippen LogP contribution in [0.25, 0.3) is 0 Å². The Hall–Kier alpha value is -1.06. The van der Waals surface area contributed by atoms with Gasteiger partial charge in [0.15, 0.2) is 0 Å². The second kappa shape index (κ2) is 5.38. The number of nitrogens with one attached hydrogen (secondary N) is 1. The molecule has 0 radical (unpaired) electrons. The predicted octanol–water partition coefficient (Wildman–Crippen LogP) is 2.33. The van der Waals surface area contributed by atoms with Crippen molar-refractivity contribution in [3.05, 3.63) is 0 Å². The fourth-order valence-electron chi connectivity index (χ4n) is 3.53. The molecule has 2 amide bonds. The lowest BCUT2D eigenvalue weighted by Crippen LogP contribution is -2.73. The summed E-state index contributed by atoms with van der Waals surface area (Å²) in [5, 5.41) is 2.98. The standard InChI is InChI=1S/C16H28N2O2/c1-6-12(7-2)18-14(19)13(10(3)4)17-15(20)16(18,5)11-8-9-11/h10-13H,6-9H2,1-5H3,(H,17,20). The monoisotopic (exact) mass is 280 g/mol. The molecule has 1 saturated heterocycles. The first-order valence-corrected chi connectivity index (χ1v) is 8.01. The van der Waals surface area contributed by atoms with Crippen LogP contribution in [-0.2, 0) is 9.59 Å². The van der Waals surface area contributed by atoms with E-state index in [0.29, 0.717) is 5.92 Å². The van der Waals surface area contributed by atoms with Gasteiger partial charge in [-0.15, -0.1) is 0 Å². The van der Waals surface area contributed by atoms with E-state index in [-0.39, 0.29) is 29.8 Å². The summed E-state index contributed by atoms with van der Waals surface area (Å²) in [5.41, 5.74) is -0.640. The van der Waals surface area contributed by atoms with Gasteiger partial charge in [0, 0.05) is 6.04 Å². The van der Waals surface area contributed by atoms with E-state index >= 15 is 0 Å². The van der Waals surface area contributed by atoms with Gasteiger partial charge in [0.2, 0.25) is 11.8 Å². The summed E-state index contributed by atoms with van der Waals surface area (Å²) >= 11 is 0. The highest BCUT2D eigenvalue weighted by Crippen LogP contribution is 2.46. The number of hydrogen-bond donors (Lipinski definition) is 1. The molecular weight excluding hydrogens is 252 g/mol. The summed E-state index contributed by atoms with van der Waals surface area (Å²) in [7, 11) is 0. The van der Waals surface area contributed by atoms with Crippen LogP contribution in [0.1, 0.15) is 60.3 Å². The molecule has 0 aromatic heterocycles. The molecule has 20 heavy (non-hydrogen) atoms. The van der Waals surface area contributed by atoms with Crippen molar-refractivity contribution in [3.63, 3.8) is 0 Å². The molecule has 1 aliphatic carbocycles. The molecule has 2 atom stereocenters. The molecule has 0 bridgehead atoms. The van der Waals surface area contributed by atoms with Crippen LogP contribution < -0.4 is 5.32 Å². The molecule has 4 nitrogen and oxygen atoms in total. The SMILES string of the molecule is CCC(CC)N1C(=O)C(C(C)C)NC(=O)C1(C)C1CC1. The second-order valence-corrected chi connectivity index (χ2v) is 6.80. The summed E-state index contributed by atoms with van der Waals surface area (Å²) < 4.78 is 0. The molecule has 1 saturated carbocycles. The highest BCUT2D eigenvalue weighted by atomic mass is 16.2. The van der Waals surface area contributed by atoms with Crippen LogP contribution in [0.15, 0.2) is 0 Å². The van der Waals surface area contributed by atoms with E-state index < -0.39 is 5.54 Å². The lowest BCUT2D eigenvalue weighted by molar-refractivity contribution is -0.163. The quantitative estimate of drug-likeness (QED) is 0.840. The third-order valence-electron chi connectivity index (χ3n) is 5.10. The zero-order chi connectivity index (χ0) is 15.1. The number of hydrogen-bond acceptors (Lipinski definition) is 2. The fraction of sp³-hybridized carbons (Fsp3) is 0.875. The molecule has 114 valence electrons. The van der Waals surface area contributed by atoms with E-state index in [1.54, 1.807) is 0 Å². The van der Waals surface area contributed by atoms with E-state index in [0.717, 1.165) is 25.7 Å². The van der Waals surface area contributed by atoms with Crippen LogP contribution in [0.3, 0.4) is 0 Å². The molecule has 1 aliphatic heterocycles. The van der Waals surface area contributed by atoms with Gasteiger partial charge in [-0.3, -0.25) is 9.59 Å². The van der Waals surface area contributed by atoms with Gasteiger partial charge in [-0.05, 0) is 44.4 Å². The zero-order valence-electron chi connectivity index (χ0n) is 13.4. The van der Waals surface area contributed by atoms with Crippen LogP contribution >= 0.6 is 0 Å². The number of rotatable bonds is 5. The Bertz CT molecular complexity index is 399. The number of nitrogens with zero attached hydrogens (tertiary/aromatic N) is 1. The number of piperazine rings is 1. The third kappa shape index (κ3) is 2.23.